The van der Waals surface area contributed by atoms with Crippen molar-refractivity contribution in [3.05, 3.63) is 74.5 Å². The average Bonchev–Trinajstić information content (AvgIpc) is 3.23. The summed E-state index contributed by atoms with van der Waals surface area (Å²) in [6, 6.07) is 6.58. The lowest BCUT2D eigenvalue weighted by Crippen LogP contribution is -2.16. The third kappa shape index (κ3) is 4.38. The number of benzene rings is 1. The molecule has 0 unspecified atom stereocenters. The highest BCUT2D eigenvalue weighted by Gasteiger charge is 2.36. The molecule has 1 aromatic carbocycles. The van der Waals surface area contributed by atoms with Crippen LogP contribution in [0.15, 0.2) is 30.3 Å². The largest absolute Gasteiger partial charge is 0.433 e. The number of hydrogen-bond donors (Lipinski definition) is 1. The van der Waals surface area contributed by atoms with Gasteiger partial charge < -0.3 is 5.32 Å². The van der Waals surface area contributed by atoms with Crippen molar-refractivity contribution in [2.45, 2.75) is 26.6 Å². The lowest BCUT2D eigenvalue weighted by molar-refractivity contribution is -0.142. The Balaban J connectivity index is 1.64. The van der Waals surface area contributed by atoms with Crippen LogP contribution in [0.3, 0.4) is 0 Å². The number of amides is 1. The van der Waals surface area contributed by atoms with Crippen LogP contribution < -0.4 is 5.32 Å². The van der Waals surface area contributed by atoms with Crippen LogP contribution in [0.1, 0.15) is 33.1 Å². The number of hydrogen-bond acceptors (Lipinski definition) is 4. The Morgan fingerprint density at radius 3 is 2.55 bits per heavy atom. The molecule has 1 amide bonds. The van der Waals surface area contributed by atoms with Crippen LogP contribution >= 0.6 is 23.2 Å². The number of aromatic nitrogens is 5. The predicted molar refractivity (Wildman–Crippen MR) is 113 cm³/mol. The Hall–Kier alpha value is -3.18. The molecule has 0 saturated heterocycles. The highest BCUT2D eigenvalue weighted by Crippen LogP contribution is 2.32. The Labute approximate surface area is 193 Å². The van der Waals surface area contributed by atoms with Crippen LogP contribution in [0.4, 0.5) is 23.4 Å². The van der Waals surface area contributed by atoms with Crippen LogP contribution in [0.5, 0.6) is 0 Å². The Bertz CT molecular complexity index is 1380. The van der Waals surface area contributed by atoms with Crippen molar-refractivity contribution in [2.75, 3.05) is 5.32 Å². The molecule has 0 fully saturated rings. The maximum Gasteiger partial charge on any atom is 0.433 e. The molecular weight excluding hydrogens is 487 g/mol. The fourth-order valence-electron chi connectivity index (χ4n) is 3.20. The lowest BCUT2D eigenvalue weighted by atomic mass is 10.2. The van der Waals surface area contributed by atoms with Crippen LogP contribution in [0.2, 0.25) is 10.0 Å². The van der Waals surface area contributed by atoms with E-state index in [1.807, 2.05) is 0 Å². The number of carbonyl (C=O) groups is 1. The molecule has 0 radical (unpaired) electrons. The van der Waals surface area contributed by atoms with Gasteiger partial charge in [-0.05, 0) is 32.0 Å². The molecule has 7 nitrogen and oxygen atoms in total. The third-order valence-electron chi connectivity index (χ3n) is 4.76. The van der Waals surface area contributed by atoms with E-state index in [0.717, 1.165) is 6.07 Å². The van der Waals surface area contributed by atoms with Crippen molar-refractivity contribution in [1.82, 2.24) is 24.4 Å². The number of nitrogens with zero attached hydrogens (tertiary/aromatic N) is 5. The normalized spacial score (nSPS) is 11.9. The summed E-state index contributed by atoms with van der Waals surface area (Å²) >= 11 is 12.2. The maximum atomic E-state index is 14.1. The van der Waals surface area contributed by atoms with Crippen LogP contribution in [-0.4, -0.2) is 30.3 Å². The van der Waals surface area contributed by atoms with Gasteiger partial charge in [0.25, 0.3) is 5.91 Å². The minimum absolute atomic E-state index is 0.000467. The topological polar surface area (TPSA) is 77.1 Å². The highest BCUT2D eigenvalue weighted by atomic mass is 35.5. The van der Waals surface area contributed by atoms with Crippen molar-refractivity contribution >= 4 is 40.6 Å². The van der Waals surface area contributed by atoms with Gasteiger partial charge >= 0.3 is 6.18 Å². The minimum atomic E-state index is -4.74. The number of carbonyl (C=O) groups excluding carboxylic acids is 1. The van der Waals surface area contributed by atoms with Crippen LogP contribution in [-0.2, 0) is 12.7 Å². The van der Waals surface area contributed by atoms with Crippen molar-refractivity contribution < 1.29 is 22.4 Å². The molecule has 3 aromatic heterocycles. The average molecular weight is 501 g/mol. The molecule has 0 bridgehead atoms. The van der Waals surface area contributed by atoms with E-state index in [2.05, 4.69) is 20.5 Å². The molecule has 4 rings (SSSR count). The first-order valence-corrected chi connectivity index (χ1v) is 10.1. The zero-order chi connectivity index (χ0) is 24.1. The lowest BCUT2D eigenvalue weighted by Gasteiger charge is -2.09. The summed E-state index contributed by atoms with van der Waals surface area (Å²) in [5.41, 5.74) is -1.03. The van der Waals surface area contributed by atoms with E-state index in [1.165, 1.54) is 35.9 Å². The third-order valence-corrected chi connectivity index (χ3v) is 5.46. The molecule has 13 heteroatoms. The van der Waals surface area contributed by atoms with Gasteiger partial charge in [0, 0.05) is 28.0 Å². The molecule has 0 spiro atoms. The molecular formula is C20H14Cl2F4N6O. The zero-order valence-electron chi connectivity index (χ0n) is 17.0. The van der Waals surface area contributed by atoms with Crippen LogP contribution in [0.25, 0.3) is 5.65 Å². The van der Waals surface area contributed by atoms with Crippen molar-refractivity contribution in [3.63, 3.8) is 0 Å². The molecule has 33 heavy (non-hydrogen) atoms. The molecule has 0 aliphatic heterocycles. The predicted octanol–water partition coefficient (Wildman–Crippen LogP) is 5.31. The Morgan fingerprint density at radius 1 is 1.15 bits per heavy atom. The zero-order valence-corrected chi connectivity index (χ0v) is 18.5. The molecule has 3 heterocycles. The van der Waals surface area contributed by atoms with Crippen LogP contribution in [0, 0.1) is 19.7 Å². The monoisotopic (exact) mass is 500 g/mol. The summed E-state index contributed by atoms with van der Waals surface area (Å²) < 4.78 is 56.2. The van der Waals surface area contributed by atoms with E-state index in [9.17, 15) is 22.4 Å². The van der Waals surface area contributed by atoms with Gasteiger partial charge in [-0.15, -0.1) is 0 Å². The summed E-state index contributed by atoms with van der Waals surface area (Å²) in [6.07, 6.45) is -4.74. The van der Waals surface area contributed by atoms with Crippen molar-refractivity contribution in [2.24, 2.45) is 0 Å². The smallest absolute Gasteiger partial charge is 0.304 e. The molecule has 4 aromatic rings. The second-order valence-electron chi connectivity index (χ2n) is 7.16. The summed E-state index contributed by atoms with van der Waals surface area (Å²) in [5.74, 6) is -1.33. The van der Waals surface area contributed by atoms with E-state index >= 15 is 0 Å². The number of anilines is 1. The molecule has 1 N–H and O–H groups in total. The number of alkyl halides is 3. The van der Waals surface area contributed by atoms with Gasteiger partial charge in [0.15, 0.2) is 17.2 Å². The van der Waals surface area contributed by atoms with Gasteiger partial charge in [-0.2, -0.15) is 23.4 Å². The molecule has 0 aliphatic carbocycles. The number of halogens is 6. The van der Waals surface area contributed by atoms with Gasteiger partial charge in [-0.1, -0.05) is 29.3 Å². The van der Waals surface area contributed by atoms with E-state index in [0.29, 0.717) is 10.2 Å². The highest BCUT2D eigenvalue weighted by molar-refractivity contribution is 6.37. The maximum absolute atomic E-state index is 14.1. The van der Waals surface area contributed by atoms with E-state index in [-0.39, 0.29) is 39.3 Å². The molecule has 0 atom stereocenters. The first kappa shape index (κ1) is 23.0. The molecule has 172 valence electrons. The molecule has 0 saturated carbocycles. The van der Waals surface area contributed by atoms with Gasteiger partial charge in [-0.25, -0.2) is 13.9 Å². The van der Waals surface area contributed by atoms with E-state index in [1.54, 1.807) is 6.92 Å². The standard InChI is InChI=1S/C20H14Cl2F4N6O/c1-9-6-14(20(24,25)26)32-18(27-9)16(22)17(30-32)19(33)28-15-7-10(2)31(29-15)8-11-12(21)4-3-5-13(11)23/h3-7H,8H2,1-2H3,(H,28,29,33). The summed E-state index contributed by atoms with van der Waals surface area (Å²) in [5, 5.41) is 10.2. The second kappa shape index (κ2) is 8.31. The summed E-state index contributed by atoms with van der Waals surface area (Å²) in [4.78, 5) is 16.7. The Kier molecular flexibility index (Phi) is 5.79. The number of nitrogens with one attached hydrogen (secondary N) is 1. The first-order chi connectivity index (χ1) is 15.5. The van der Waals surface area contributed by atoms with Gasteiger partial charge in [0.05, 0.1) is 6.54 Å². The van der Waals surface area contributed by atoms with Gasteiger partial charge in [0.1, 0.15) is 16.5 Å². The van der Waals surface area contributed by atoms with Gasteiger partial charge in [-0.3, -0.25) is 9.48 Å². The number of rotatable bonds is 4. The molecule has 0 aliphatic rings. The van der Waals surface area contributed by atoms with E-state index in [4.69, 9.17) is 23.2 Å². The van der Waals surface area contributed by atoms with Crippen molar-refractivity contribution in [1.29, 1.82) is 0 Å². The fourth-order valence-corrected chi connectivity index (χ4v) is 3.67. The van der Waals surface area contributed by atoms with E-state index < -0.39 is 29.3 Å². The SMILES string of the molecule is Cc1cc(C(F)(F)F)n2nc(C(=O)Nc3cc(C)n(Cc4c(F)cccc4Cl)n3)c(Cl)c2n1. The van der Waals surface area contributed by atoms with Crippen molar-refractivity contribution in [3.8, 4) is 0 Å². The fraction of sp³-hybridized carbons (Fsp3) is 0.200. The second-order valence-corrected chi connectivity index (χ2v) is 7.95. The Morgan fingerprint density at radius 2 is 1.88 bits per heavy atom. The van der Waals surface area contributed by atoms with Gasteiger partial charge in [0.2, 0.25) is 0 Å². The first-order valence-electron chi connectivity index (χ1n) is 9.37. The minimum Gasteiger partial charge on any atom is -0.304 e. The quantitative estimate of drug-likeness (QED) is 0.385. The summed E-state index contributed by atoms with van der Waals surface area (Å²) in [7, 11) is 0. The number of fused-ring (bicyclic) bond motifs is 1. The number of aryl methyl sites for hydroxylation is 2. The summed E-state index contributed by atoms with van der Waals surface area (Å²) in [6.45, 7) is 3.05.